The van der Waals surface area contributed by atoms with Crippen LogP contribution in [0.25, 0.3) is 0 Å². The Bertz CT molecular complexity index is 1190. The van der Waals surface area contributed by atoms with Crippen LogP contribution in [0.15, 0.2) is 72.8 Å². The van der Waals surface area contributed by atoms with E-state index in [9.17, 15) is 0 Å². The molecule has 3 aliphatic rings. The molecule has 6 rings (SSSR count). The lowest BCUT2D eigenvalue weighted by Crippen LogP contribution is -2.22. The summed E-state index contributed by atoms with van der Waals surface area (Å²) in [6, 6.07) is 20.9. The van der Waals surface area contributed by atoms with Gasteiger partial charge in [0, 0.05) is 18.3 Å². The van der Waals surface area contributed by atoms with Gasteiger partial charge < -0.3 is 49.7 Å². The lowest BCUT2D eigenvalue weighted by atomic mass is 9.86. The van der Waals surface area contributed by atoms with E-state index >= 15 is 0 Å². The summed E-state index contributed by atoms with van der Waals surface area (Å²) in [6.07, 6.45) is 26.0. The Morgan fingerprint density at radius 3 is 1.19 bits per heavy atom. The van der Waals surface area contributed by atoms with Gasteiger partial charge in [-0.25, -0.2) is 0 Å². The number of phenolic OH excluding ortho intramolecular Hbond substituents is 3. The highest BCUT2D eigenvalue weighted by Gasteiger charge is 2.12. The molecule has 9 nitrogen and oxygen atoms in total. The standard InChI is InChI=1S/C9H19N.C8H11NO.C8H17N.C7H9NO.C6H7NO.C6H13N/c10-8-4-7-9-5-2-1-3-6-9;9-6-5-7-1-3-8(10)4-2-7;9-7-6-8-4-2-1-3-5-8;8-5-6-1-3-7(9)4-2-6;7-5-1-3-6(8)4-2-5;7-6-4-2-1-3-5-6/h9H,1-8,10H2;1-4,10H,5-6,9H2;8H,1-7,9H2;1-4,9H,5,8H2;1-4,8H,7H2;6H,1-5,7H2. The number of aromatic hydroxyl groups is 3. The summed E-state index contributed by atoms with van der Waals surface area (Å²) in [7, 11) is 0. The van der Waals surface area contributed by atoms with Crippen LogP contribution in [0.2, 0.25) is 0 Å². The molecule has 0 unspecified atom stereocenters. The number of benzene rings is 3. The molecule has 3 aliphatic carbocycles. The highest BCUT2D eigenvalue weighted by Crippen LogP contribution is 2.27. The highest BCUT2D eigenvalue weighted by atomic mass is 16.3. The summed E-state index contributed by atoms with van der Waals surface area (Å²) in [4.78, 5) is 0. The fourth-order valence-corrected chi connectivity index (χ4v) is 6.66. The van der Waals surface area contributed by atoms with Gasteiger partial charge in [-0.2, -0.15) is 0 Å². The van der Waals surface area contributed by atoms with Crippen LogP contribution in [-0.4, -0.2) is 41.0 Å². The predicted molar refractivity (Wildman–Crippen MR) is 226 cm³/mol. The predicted octanol–water partition coefficient (Wildman–Crippen LogP) is 8.22. The molecule has 0 aromatic heterocycles. The minimum absolute atomic E-state index is 0.249. The summed E-state index contributed by atoms with van der Waals surface area (Å²) >= 11 is 0. The van der Waals surface area contributed by atoms with Crippen LogP contribution in [0, 0.1) is 11.8 Å². The monoisotopic (exact) mass is 737 g/mol. The van der Waals surface area contributed by atoms with E-state index in [4.69, 9.17) is 49.7 Å². The third-order valence-electron chi connectivity index (χ3n) is 9.93. The summed E-state index contributed by atoms with van der Waals surface area (Å²) in [5.41, 5.74) is 35.4. The molecule has 0 aliphatic heterocycles. The normalized spacial score (nSPS) is 15.9. The molecule has 53 heavy (non-hydrogen) atoms. The molecule has 0 spiro atoms. The zero-order chi connectivity index (χ0) is 38.9. The van der Waals surface area contributed by atoms with Gasteiger partial charge >= 0.3 is 0 Å². The third-order valence-corrected chi connectivity index (χ3v) is 9.93. The number of rotatable bonds is 8. The largest absolute Gasteiger partial charge is 0.508 e. The Morgan fingerprint density at radius 2 is 0.849 bits per heavy atom. The summed E-state index contributed by atoms with van der Waals surface area (Å²) in [5, 5.41) is 26.4. The van der Waals surface area contributed by atoms with Crippen LogP contribution in [0.5, 0.6) is 17.2 Å². The van der Waals surface area contributed by atoms with Crippen molar-refractivity contribution in [3.05, 3.63) is 83.9 Å². The summed E-state index contributed by atoms with van der Waals surface area (Å²) in [5.74, 6) is 2.84. The van der Waals surface area contributed by atoms with Crippen molar-refractivity contribution >= 4 is 5.69 Å². The first kappa shape index (κ1) is 47.7. The number of phenols is 3. The second-order valence-corrected chi connectivity index (χ2v) is 14.6. The molecule has 3 aromatic rings. The fraction of sp³-hybridized carbons (Fsp3) is 0.591. The van der Waals surface area contributed by atoms with Crippen molar-refractivity contribution in [1.82, 2.24) is 0 Å². The molecule has 0 saturated heterocycles. The maximum atomic E-state index is 8.89. The Balaban J connectivity index is 0.000000319. The van der Waals surface area contributed by atoms with E-state index in [1.807, 2.05) is 12.1 Å². The van der Waals surface area contributed by atoms with Crippen molar-refractivity contribution in [1.29, 1.82) is 0 Å². The van der Waals surface area contributed by atoms with E-state index in [1.54, 1.807) is 60.7 Å². The first-order valence-corrected chi connectivity index (χ1v) is 20.4. The molecule has 0 heterocycles. The molecule has 0 amide bonds. The van der Waals surface area contributed by atoms with Crippen LogP contribution < -0.4 is 34.4 Å². The first-order chi connectivity index (χ1) is 25.7. The van der Waals surface area contributed by atoms with Gasteiger partial charge in [0.2, 0.25) is 0 Å². The van der Waals surface area contributed by atoms with E-state index in [0.717, 1.165) is 36.9 Å². The van der Waals surface area contributed by atoms with Gasteiger partial charge in [-0.05, 0) is 130 Å². The molecule has 3 saturated carbocycles. The molecule has 3 fully saturated rings. The van der Waals surface area contributed by atoms with E-state index < -0.39 is 0 Å². The average Bonchev–Trinajstić information content (AvgIpc) is 3.19. The third kappa shape index (κ3) is 27.0. The maximum Gasteiger partial charge on any atom is 0.115 e. The molecule has 3 aromatic carbocycles. The molecule has 0 radical (unpaired) electrons. The minimum Gasteiger partial charge on any atom is -0.508 e. The van der Waals surface area contributed by atoms with E-state index in [2.05, 4.69) is 0 Å². The quantitative estimate of drug-likeness (QED) is 0.0803. The van der Waals surface area contributed by atoms with E-state index in [0.29, 0.717) is 30.6 Å². The summed E-state index contributed by atoms with van der Waals surface area (Å²) < 4.78 is 0. The lowest BCUT2D eigenvalue weighted by Gasteiger charge is -2.20. The second kappa shape index (κ2) is 32.1. The van der Waals surface area contributed by atoms with Crippen molar-refractivity contribution in [2.24, 2.45) is 40.5 Å². The Kier molecular flexibility index (Phi) is 28.9. The molecule has 15 N–H and O–H groups in total. The Hall–Kier alpha value is -3.34. The fourth-order valence-electron chi connectivity index (χ4n) is 6.66. The van der Waals surface area contributed by atoms with Gasteiger partial charge in [-0.15, -0.1) is 0 Å². The van der Waals surface area contributed by atoms with Gasteiger partial charge in [0.05, 0.1) is 0 Å². The van der Waals surface area contributed by atoms with Crippen molar-refractivity contribution < 1.29 is 15.3 Å². The molecular formula is C44H76N6O3. The van der Waals surface area contributed by atoms with Gasteiger partial charge in [0.25, 0.3) is 0 Å². The lowest BCUT2D eigenvalue weighted by molar-refractivity contribution is 0.334. The van der Waals surface area contributed by atoms with Crippen LogP contribution in [0.3, 0.4) is 0 Å². The summed E-state index contributed by atoms with van der Waals surface area (Å²) in [6.45, 7) is 2.96. The first-order valence-electron chi connectivity index (χ1n) is 20.4. The second-order valence-electron chi connectivity index (χ2n) is 14.6. The van der Waals surface area contributed by atoms with Crippen molar-refractivity contribution in [2.45, 2.75) is 135 Å². The minimum atomic E-state index is 0.249. The number of hydrogen-bond acceptors (Lipinski definition) is 9. The smallest absolute Gasteiger partial charge is 0.115 e. The zero-order valence-electron chi connectivity index (χ0n) is 32.7. The SMILES string of the molecule is NC1CCCCC1.NCCC1CCCCC1.NCCCC1CCCCC1.NCCc1ccc(O)cc1.NCc1ccc(O)cc1.Nc1ccc(O)cc1. The van der Waals surface area contributed by atoms with Gasteiger partial charge in [-0.1, -0.05) is 108 Å². The topological polar surface area (TPSA) is 217 Å². The molecule has 0 atom stereocenters. The van der Waals surface area contributed by atoms with Crippen molar-refractivity contribution in [2.75, 3.05) is 25.4 Å². The van der Waals surface area contributed by atoms with E-state index in [-0.39, 0.29) is 11.5 Å². The van der Waals surface area contributed by atoms with Gasteiger partial charge in [-0.3, -0.25) is 0 Å². The van der Waals surface area contributed by atoms with Gasteiger partial charge in [0.1, 0.15) is 17.2 Å². The number of hydrogen-bond donors (Lipinski definition) is 9. The maximum absolute atomic E-state index is 8.89. The highest BCUT2D eigenvalue weighted by molar-refractivity contribution is 5.40. The molecule has 300 valence electrons. The molecule has 9 heteroatoms. The zero-order valence-corrected chi connectivity index (χ0v) is 32.7. The van der Waals surface area contributed by atoms with Crippen LogP contribution in [0.1, 0.15) is 127 Å². The number of anilines is 1. The van der Waals surface area contributed by atoms with Crippen LogP contribution in [0.4, 0.5) is 5.69 Å². The van der Waals surface area contributed by atoms with Crippen molar-refractivity contribution in [3.8, 4) is 17.2 Å². The van der Waals surface area contributed by atoms with Crippen molar-refractivity contribution in [3.63, 3.8) is 0 Å². The van der Waals surface area contributed by atoms with E-state index in [1.165, 1.54) is 121 Å². The van der Waals surface area contributed by atoms with Crippen LogP contribution >= 0.6 is 0 Å². The number of nitrogens with two attached hydrogens (primary N) is 6. The van der Waals surface area contributed by atoms with Crippen LogP contribution in [-0.2, 0) is 13.0 Å². The Morgan fingerprint density at radius 1 is 0.453 bits per heavy atom. The number of nitrogen functional groups attached to an aromatic ring is 1. The molecule has 0 bridgehead atoms. The van der Waals surface area contributed by atoms with Gasteiger partial charge in [0.15, 0.2) is 0 Å². The average molecular weight is 737 g/mol. The molecular weight excluding hydrogens is 661 g/mol. The Labute approximate surface area is 321 Å².